The molecule has 2 amide bonds. The van der Waals surface area contributed by atoms with Crippen molar-refractivity contribution in [2.75, 3.05) is 5.32 Å². The smallest absolute Gasteiger partial charge is 0.271 e. The lowest BCUT2D eigenvalue weighted by Gasteiger charge is -2.06. The van der Waals surface area contributed by atoms with E-state index in [-0.39, 0.29) is 5.75 Å². The summed E-state index contributed by atoms with van der Waals surface area (Å²) in [4.78, 5) is 24.3. The maximum absolute atomic E-state index is 12.9. The molecule has 3 aromatic carbocycles. The Morgan fingerprint density at radius 2 is 1.60 bits per heavy atom. The van der Waals surface area contributed by atoms with Crippen LogP contribution in [0.25, 0.3) is 0 Å². The minimum absolute atomic E-state index is 0.0568. The van der Waals surface area contributed by atoms with Crippen molar-refractivity contribution in [2.45, 2.75) is 0 Å². The van der Waals surface area contributed by atoms with Crippen LogP contribution in [0, 0.1) is 5.82 Å². The number of phenolic OH excluding ortho intramolecular Hbond substituents is 1. The maximum Gasteiger partial charge on any atom is 0.271 e. The van der Waals surface area contributed by atoms with Crippen molar-refractivity contribution in [1.82, 2.24) is 5.43 Å². The van der Waals surface area contributed by atoms with E-state index in [9.17, 15) is 19.1 Å². The Balaban J connectivity index is 1.61. The van der Waals surface area contributed by atoms with Crippen molar-refractivity contribution in [1.29, 1.82) is 0 Å². The van der Waals surface area contributed by atoms with Gasteiger partial charge in [-0.2, -0.15) is 5.10 Å². The van der Waals surface area contributed by atoms with Crippen molar-refractivity contribution in [3.63, 3.8) is 0 Å². The molecule has 0 aliphatic rings. The number of hydrogen-bond acceptors (Lipinski definition) is 4. The molecular formula is C21H14BrClFN3O3. The van der Waals surface area contributed by atoms with Gasteiger partial charge in [0.05, 0.1) is 10.7 Å². The van der Waals surface area contributed by atoms with Gasteiger partial charge < -0.3 is 10.4 Å². The minimum atomic E-state index is -0.483. The summed E-state index contributed by atoms with van der Waals surface area (Å²) in [5.41, 5.74) is 3.76. The normalized spacial score (nSPS) is 10.8. The number of aromatic hydroxyl groups is 1. The number of hydrogen-bond donors (Lipinski definition) is 3. The summed E-state index contributed by atoms with van der Waals surface area (Å²) in [6.07, 6.45) is 1.27. The van der Waals surface area contributed by atoms with E-state index in [2.05, 4.69) is 31.8 Å². The fraction of sp³-hybridized carbons (Fsp3) is 0. The van der Waals surface area contributed by atoms with Crippen LogP contribution in [-0.2, 0) is 0 Å². The number of carbonyl (C=O) groups excluding carboxylic acids is 2. The molecule has 0 spiro atoms. The Bertz CT molecular complexity index is 1120. The molecule has 6 nitrogen and oxygen atoms in total. The van der Waals surface area contributed by atoms with E-state index in [1.54, 1.807) is 12.1 Å². The monoisotopic (exact) mass is 489 g/mol. The molecule has 0 heterocycles. The maximum atomic E-state index is 12.9. The predicted octanol–water partition coefficient (Wildman–Crippen LogP) is 4.96. The van der Waals surface area contributed by atoms with Crippen LogP contribution in [0.3, 0.4) is 0 Å². The molecular weight excluding hydrogens is 477 g/mol. The van der Waals surface area contributed by atoms with Crippen LogP contribution in [0.1, 0.15) is 26.3 Å². The van der Waals surface area contributed by atoms with Gasteiger partial charge in [0, 0.05) is 27.4 Å². The van der Waals surface area contributed by atoms with Gasteiger partial charge >= 0.3 is 0 Å². The first-order chi connectivity index (χ1) is 14.3. The van der Waals surface area contributed by atoms with Gasteiger partial charge in [0.2, 0.25) is 0 Å². The van der Waals surface area contributed by atoms with Crippen LogP contribution < -0.4 is 10.7 Å². The second-order valence-electron chi connectivity index (χ2n) is 6.06. The van der Waals surface area contributed by atoms with Crippen LogP contribution >= 0.6 is 27.5 Å². The quantitative estimate of drug-likeness (QED) is 0.349. The Morgan fingerprint density at radius 1 is 1.00 bits per heavy atom. The van der Waals surface area contributed by atoms with Gasteiger partial charge in [-0.05, 0) is 76.6 Å². The molecule has 0 unspecified atom stereocenters. The van der Waals surface area contributed by atoms with E-state index in [0.29, 0.717) is 31.9 Å². The minimum Gasteiger partial charge on any atom is -0.506 e. The standard InChI is InChI=1S/C21H14BrClFN3O3/c22-18-10-15(23)9-14(19(18)28)11-25-27-21(30)13-3-7-17(8-4-13)26-20(29)12-1-5-16(24)6-2-12/h1-11,28H,(H,26,29)(H,27,30)/b25-11+. The van der Waals surface area contributed by atoms with Crippen molar-refractivity contribution in [2.24, 2.45) is 5.10 Å². The third-order valence-electron chi connectivity index (χ3n) is 3.94. The van der Waals surface area contributed by atoms with Gasteiger partial charge in [-0.1, -0.05) is 11.6 Å². The molecule has 0 bridgehead atoms. The molecule has 3 N–H and O–H groups in total. The molecule has 9 heteroatoms. The summed E-state index contributed by atoms with van der Waals surface area (Å²) in [6.45, 7) is 0. The lowest BCUT2D eigenvalue weighted by Crippen LogP contribution is -2.18. The number of carbonyl (C=O) groups is 2. The highest BCUT2D eigenvalue weighted by Crippen LogP contribution is 2.30. The molecule has 0 aliphatic carbocycles. The van der Waals surface area contributed by atoms with Crippen LogP contribution in [0.2, 0.25) is 5.02 Å². The predicted molar refractivity (Wildman–Crippen MR) is 117 cm³/mol. The van der Waals surface area contributed by atoms with E-state index in [1.807, 2.05) is 0 Å². The molecule has 30 heavy (non-hydrogen) atoms. The Hall–Kier alpha value is -3.23. The lowest BCUT2D eigenvalue weighted by atomic mass is 10.1. The zero-order valence-corrected chi connectivity index (χ0v) is 17.5. The molecule has 0 fully saturated rings. The fourth-order valence-electron chi connectivity index (χ4n) is 2.42. The van der Waals surface area contributed by atoms with Crippen molar-refractivity contribution in [3.05, 3.63) is 92.7 Å². The number of nitrogens with zero attached hydrogens (tertiary/aromatic N) is 1. The fourth-order valence-corrected chi connectivity index (χ4v) is 3.25. The highest BCUT2D eigenvalue weighted by atomic mass is 79.9. The highest BCUT2D eigenvalue weighted by molar-refractivity contribution is 9.10. The van der Waals surface area contributed by atoms with Gasteiger partial charge in [0.1, 0.15) is 11.6 Å². The van der Waals surface area contributed by atoms with Gasteiger partial charge in [-0.15, -0.1) is 0 Å². The van der Waals surface area contributed by atoms with Crippen LogP contribution in [0.4, 0.5) is 10.1 Å². The molecule has 3 aromatic rings. The summed E-state index contributed by atoms with van der Waals surface area (Å²) in [7, 11) is 0. The third kappa shape index (κ3) is 5.43. The summed E-state index contributed by atoms with van der Waals surface area (Å²) in [5.74, 6) is -1.37. The topological polar surface area (TPSA) is 90.8 Å². The third-order valence-corrected chi connectivity index (χ3v) is 4.76. The summed E-state index contributed by atoms with van der Waals surface area (Å²) in [5, 5.41) is 16.8. The first kappa shape index (κ1) is 21.5. The molecule has 0 radical (unpaired) electrons. The molecule has 0 aliphatic heterocycles. The van der Waals surface area contributed by atoms with Crippen molar-refractivity contribution in [3.8, 4) is 5.75 Å². The zero-order chi connectivity index (χ0) is 21.7. The zero-order valence-electron chi connectivity index (χ0n) is 15.2. The Kier molecular flexibility index (Phi) is 6.81. The summed E-state index contributed by atoms with van der Waals surface area (Å²) < 4.78 is 13.3. The van der Waals surface area contributed by atoms with Crippen molar-refractivity contribution < 1.29 is 19.1 Å². The molecule has 3 rings (SSSR count). The molecule has 152 valence electrons. The van der Waals surface area contributed by atoms with Crippen LogP contribution in [0.5, 0.6) is 5.75 Å². The SMILES string of the molecule is O=C(N/N=C/c1cc(Cl)cc(Br)c1O)c1ccc(NC(=O)c2ccc(F)cc2)cc1. The lowest BCUT2D eigenvalue weighted by molar-refractivity contribution is 0.0954. The van der Waals surface area contributed by atoms with E-state index < -0.39 is 17.6 Å². The number of nitrogens with one attached hydrogen (secondary N) is 2. The average Bonchev–Trinajstić information content (AvgIpc) is 2.72. The van der Waals surface area contributed by atoms with Gasteiger partial charge in [0.15, 0.2) is 0 Å². The van der Waals surface area contributed by atoms with Gasteiger partial charge in [0.25, 0.3) is 11.8 Å². The number of amides is 2. The highest BCUT2D eigenvalue weighted by Gasteiger charge is 2.09. The number of phenols is 1. The Morgan fingerprint density at radius 3 is 2.27 bits per heavy atom. The summed E-state index contributed by atoms with van der Waals surface area (Å²) >= 11 is 9.09. The van der Waals surface area contributed by atoms with Crippen molar-refractivity contribution >= 4 is 51.2 Å². The number of anilines is 1. The van der Waals surface area contributed by atoms with Crippen LogP contribution in [-0.4, -0.2) is 23.1 Å². The number of halogens is 3. The Labute approximate surface area is 184 Å². The van der Waals surface area contributed by atoms with E-state index in [1.165, 1.54) is 54.7 Å². The molecule has 0 saturated heterocycles. The summed E-state index contributed by atoms with van der Waals surface area (Å²) in [6, 6.07) is 14.3. The second-order valence-corrected chi connectivity index (χ2v) is 7.35. The van der Waals surface area contributed by atoms with E-state index >= 15 is 0 Å². The van der Waals surface area contributed by atoms with E-state index in [4.69, 9.17) is 11.6 Å². The molecule has 0 atom stereocenters. The number of hydrazone groups is 1. The van der Waals surface area contributed by atoms with Crippen LogP contribution in [0.15, 0.2) is 70.2 Å². The first-order valence-corrected chi connectivity index (χ1v) is 9.69. The number of benzene rings is 3. The number of rotatable bonds is 5. The molecule has 0 aromatic heterocycles. The van der Waals surface area contributed by atoms with Gasteiger partial charge in [-0.25, -0.2) is 9.82 Å². The second kappa shape index (κ2) is 9.51. The average molecular weight is 491 g/mol. The first-order valence-electron chi connectivity index (χ1n) is 8.52. The molecule has 0 saturated carbocycles. The van der Waals surface area contributed by atoms with E-state index in [0.717, 1.165) is 0 Å². The van der Waals surface area contributed by atoms with Gasteiger partial charge in [-0.3, -0.25) is 9.59 Å². The largest absolute Gasteiger partial charge is 0.506 e.